The van der Waals surface area contributed by atoms with Crippen LogP contribution in [0.2, 0.25) is 0 Å². The van der Waals surface area contributed by atoms with E-state index in [0.29, 0.717) is 37.8 Å². The van der Waals surface area contributed by atoms with Crippen LogP contribution in [0.5, 0.6) is 5.75 Å². The van der Waals surface area contributed by atoms with Crippen molar-refractivity contribution in [2.75, 3.05) is 25.0 Å². The zero-order chi connectivity index (χ0) is 18.6. The Kier molecular flexibility index (Phi) is 4.80. The highest BCUT2D eigenvalue weighted by Crippen LogP contribution is 2.22. The maximum Gasteiger partial charge on any atom is 0.238 e. The van der Waals surface area contributed by atoms with E-state index in [9.17, 15) is 4.79 Å². The Morgan fingerprint density at radius 2 is 2.11 bits per heavy atom. The molecule has 0 atom stereocenters. The minimum absolute atomic E-state index is 0.0695. The molecule has 8 heteroatoms. The minimum atomic E-state index is -0.0695. The van der Waals surface area contributed by atoms with Gasteiger partial charge in [-0.05, 0) is 41.6 Å². The van der Waals surface area contributed by atoms with E-state index in [4.69, 9.17) is 4.74 Å². The quantitative estimate of drug-likeness (QED) is 0.760. The van der Waals surface area contributed by atoms with Crippen molar-refractivity contribution >= 4 is 11.6 Å². The van der Waals surface area contributed by atoms with E-state index in [2.05, 4.69) is 25.7 Å². The van der Waals surface area contributed by atoms with Crippen LogP contribution in [-0.2, 0) is 11.3 Å². The first kappa shape index (κ1) is 17.2. The van der Waals surface area contributed by atoms with Crippen molar-refractivity contribution in [2.24, 2.45) is 0 Å². The first-order valence-corrected chi connectivity index (χ1v) is 8.77. The maximum atomic E-state index is 12.5. The molecule has 0 fully saturated rings. The molecule has 0 aliphatic carbocycles. The van der Waals surface area contributed by atoms with E-state index in [1.54, 1.807) is 4.68 Å². The number of carbonyl (C=O) groups is 1. The maximum absolute atomic E-state index is 12.5. The molecule has 138 valence electrons. The number of nitrogens with one attached hydrogen (secondary N) is 1. The Hall–Kier alpha value is -3.26. The number of tetrazole rings is 1. The molecular formula is C19H20N6O2. The van der Waals surface area contributed by atoms with Gasteiger partial charge in [0.25, 0.3) is 0 Å². The van der Waals surface area contributed by atoms with E-state index in [1.165, 1.54) is 0 Å². The monoisotopic (exact) mass is 364 g/mol. The fraction of sp³-hybridized carbons (Fsp3) is 0.263. The number of anilines is 1. The zero-order valence-electron chi connectivity index (χ0n) is 15.0. The highest BCUT2D eigenvalue weighted by atomic mass is 16.5. The number of aromatic nitrogens is 4. The second-order valence-electron chi connectivity index (χ2n) is 6.40. The van der Waals surface area contributed by atoms with Gasteiger partial charge in [0.2, 0.25) is 5.91 Å². The second-order valence-corrected chi connectivity index (χ2v) is 6.40. The van der Waals surface area contributed by atoms with Crippen LogP contribution in [0.4, 0.5) is 5.69 Å². The molecule has 0 saturated heterocycles. The lowest BCUT2D eigenvalue weighted by atomic mass is 10.2. The third-order valence-electron chi connectivity index (χ3n) is 4.40. The van der Waals surface area contributed by atoms with Crippen LogP contribution < -0.4 is 10.1 Å². The van der Waals surface area contributed by atoms with E-state index < -0.39 is 0 Å². The van der Waals surface area contributed by atoms with Gasteiger partial charge in [0.05, 0.1) is 12.2 Å². The first-order chi connectivity index (χ1) is 13.2. The standard InChI is InChI=1S/C19H20N6O2/c1-14-21-22-23-25(14)17-7-4-6-16(11-17)20-19(26)13-24-9-10-27-18-8-3-2-5-15(18)12-24/h2-8,11H,9-10,12-13H2,1H3,(H,20,26). The predicted octanol–water partition coefficient (Wildman–Crippen LogP) is 1.80. The summed E-state index contributed by atoms with van der Waals surface area (Å²) in [5.74, 6) is 1.51. The lowest BCUT2D eigenvalue weighted by Crippen LogP contribution is -2.34. The lowest BCUT2D eigenvalue weighted by Gasteiger charge is -2.18. The van der Waals surface area contributed by atoms with Crippen molar-refractivity contribution in [2.45, 2.75) is 13.5 Å². The van der Waals surface area contributed by atoms with Crippen molar-refractivity contribution in [1.82, 2.24) is 25.1 Å². The number of ether oxygens (including phenoxy) is 1. The van der Waals surface area contributed by atoms with E-state index in [-0.39, 0.29) is 5.91 Å². The van der Waals surface area contributed by atoms with Crippen molar-refractivity contribution in [3.05, 3.63) is 59.9 Å². The third kappa shape index (κ3) is 3.95. The average molecular weight is 364 g/mol. The minimum Gasteiger partial charge on any atom is -0.492 e. The van der Waals surface area contributed by atoms with Crippen LogP contribution in [0.15, 0.2) is 48.5 Å². The molecule has 1 amide bonds. The molecule has 1 N–H and O–H groups in total. The fourth-order valence-corrected chi connectivity index (χ4v) is 3.10. The number of aryl methyl sites for hydroxylation is 1. The van der Waals surface area contributed by atoms with Gasteiger partial charge in [0.15, 0.2) is 5.82 Å². The number of nitrogens with zero attached hydrogens (tertiary/aromatic N) is 5. The summed E-state index contributed by atoms with van der Waals surface area (Å²) in [6, 6.07) is 15.4. The Balaban J connectivity index is 1.42. The molecule has 8 nitrogen and oxygen atoms in total. The van der Waals surface area contributed by atoms with Crippen LogP contribution in [0.1, 0.15) is 11.4 Å². The molecule has 0 radical (unpaired) electrons. The Bertz CT molecular complexity index is 955. The van der Waals surface area contributed by atoms with Crippen LogP contribution in [0, 0.1) is 6.92 Å². The van der Waals surface area contributed by atoms with Crippen LogP contribution in [0.3, 0.4) is 0 Å². The molecule has 1 aliphatic rings. The molecule has 4 rings (SSSR count). The predicted molar refractivity (Wildman–Crippen MR) is 99.7 cm³/mol. The van der Waals surface area contributed by atoms with Crippen molar-refractivity contribution in [3.63, 3.8) is 0 Å². The van der Waals surface area contributed by atoms with E-state index in [1.807, 2.05) is 55.5 Å². The number of hydrogen-bond donors (Lipinski definition) is 1. The molecule has 0 bridgehead atoms. The van der Waals surface area contributed by atoms with Crippen LogP contribution in [-0.4, -0.2) is 50.7 Å². The van der Waals surface area contributed by atoms with Crippen LogP contribution >= 0.6 is 0 Å². The molecule has 2 heterocycles. The first-order valence-electron chi connectivity index (χ1n) is 8.77. The molecule has 1 aromatic heterocycles. The van der Waals surface area contributed by atoms with Crippen molar-refractivity contribution in [3.8, 4) is 11.4 Å². The Labute approximate surface area is 156 Å². The zero-order valence-corrected chi connectivity index (χ0v) is 15.0. The van der Waals surface area contributed by atoms with Gasteiger partial charge < -0.3 is 10.1 Å². The lowest BCUT2D eigenvalue weighted by molar-refractivity contribution is -0.117. The number of hydrogen-bond acceptors (Lipinski definition) is 6. The average Bonchev–Trinajstić information content (AvgIpc) is 2.98. The van der Waals surface area contributed by atoms with E-state index >= 15 is 0 Å². The summed E-state index contributed by atoms with van der Waals surface area (Å²) in [6.45, 7) is 4.08. The molecule has 0 spiro atoms. The molecule has 2 aromatic carbocycles. The smallest absolute Gasteiger partial charge is 0.238 e. The van der Waals surface area contributed by atoms with Gasteiger partial charge in [-0.2, -0.15) is 4.68 Å². The Morgan fingerprint density at radius 1 is 1.22 bits per heavy atom. The largest absolute Gasteiger partial charge is 0.492 e. The molecule has 27 heavy (non-hydrogen) atoms. The summed E-state index contributed by atoms with van der Waals surface area (Å²) in [7, 11) is 0. The molecular weight excluding hydrogens is 344 g/mol. The van der Waals surface area contributed by atoms with Gasteiger partial charge in [-0.25, -0.2) is 0 Å². The number of carbonyl (C=O) groups excluding carboxylic acids is 1. The van der Waals surface area contributed by atoms with Gasteiger partial charge in [-0.3, -0.25) is 9.69 Å². The summed E-state index contributed by atoms with van der Waals surface area (Å²) in [6.07, 6.45) is 0. The van der Waals surface area contributed by atoms with Crippen molar-refractivity contribution < 1.29 is 9.53 Å². The number of fused-ring (bicyclic) bond motifs is 1. The van der Waals surface area contributed by atoms with Crippen LogP contribution in [0.25, 0.3) is 5.69 Å². The summed E-state index contributed by atoms with van der Waals surface area (Å²) in [4.78, 5) is 14.6. The Morgan fingerprint density at radius 3 is 2.96 bits per heavy atom. The fourth-order valence-electron chi connectivity index (χ4n) is 3.10. The number of para-hydroxylation sites is 1. The van der Waals surface area contributed by atoms with Gasteiger partial charge in [0.1, 0.15) is 12.4 Å². The number of benzene rings is 2. The summed E-state index contributed by atoms with van der Waals surface area (Å²) >= 11 is 0. The van der Waals surface area contributed by atoms with Gasteiger partial charge in [-0.1, -0.05) is 24.3 Å². The summed E-state index contributed by atoms with van der Waals surface area (Å²) < 4.78 is 7.38. The highest BCUT2D eigenvalue weighted by Gasteiger charge is 2.17. The third-order valence-corrected chi connectivity index (χ3v) is 4.40. The van der Waals surface area contributed by atoms with Gasteiger partial charge in [-0.15, -0.1) is 5.10 Å². The highest BCUT2D eigenvalue weighted by molar-refractivity contribution is 5.92. The van der Waals surface area contributed by atoms with E-state index in [0.717, 1.165) is 17.0 Å². The molecule has 0 saturated carbocycles. The normalized spacial score (nSPS) is 14.1. The van der Waals surface area contributed by atoms with Gasteiger partial charge in [0, 0.05) is 24.3 Å². The molecule has 3 aromatic rings. The molecule has 1 aliphatic heterocycles. The molecule has 0 unspecified atom stereocenters. The summed E-state index contributed by atoms with van der Waals surface area (Å²) in [5, 5.41) is 14.4. The number of amides is 1. The number of rotatable bonds is 4. The second kappa shape index (κ2) is 7.55. The summed E-state index contributed by atoms with van der Waals surface area (Å²) in [5.41, 5.74) is 2.60. The van der Waals surface area contributed by atoms with Crippen molar-refractivity contribution in [1.29, 1.82) is 0 Å². The van der Waals surface area contributed by atoms with Gasteiger partial charge >= 0.3 is 0 Å². The topological polar surface area (TPSA) is 85.2 Å². The SMILES string of the molecule is Cc1nnnn1-c1cccc(NC(=O)CN2CCOc3ccccc3C2)c1.